The molecule has 0 saturated heterocycles. The first-order valence-electron chi connectivity index (χ1n) is 7.11. The van der Waals surface area contributed by atoms with Gasteiger partial charge in [0.25, 0.3) is 0 Å². The molecule has 2 amide bonds. The van der Waals surface area contributed by atoms with E-state index in [2.05, 4.69) is 5.32 Å². The standard InChI is InChI=1S/C16H22N2O3/c1-4-6-16(21)17-9-10-18(13(3)20)15-8-5-7-14(11-15)12(2)19/h5,7-8,11H,4,6,9-10H2,1-3H3,(H,17,21). The number of Topliss-reactive ketones (excluding diaryl/α,β-unsaturated/α-hetero) is 1. The quantitative estimate of drug-likeness (QED) is 0.783. The predicted molar refractivity (Wildman–Crippen MR) is 82.4 cm³/mol. The van der Waals surface area contributed by atoms with Crippen molar-refractivity contribution >= 4 is 23.3 Å². The SMILES string of the molecule is CCCC(=O)NCCN(C(C)=O)c1cccc(C(C)=O)c1. The normalized spacial score (nSPS) is 10.0. The molecule has 5 nitrogen and oxygen atoms in total. The molecule has 0 radical (unpaired) electrons. The number of amides is 2. The van der Waals surface area contributed by atoms with Crippen LogP contribution < -0.4 is 10.2 Å². The monoisotopic (exact) mass is 290 g/mol. The van der Waals surface area contributed by atoms with Crippen LogP contribution in [0.1, 0.15) is 44.0 Å². The Bertz CT molecular complexity index is 526. The third-order valence-corrected chi connectivity index (χ3v) is 3.08. The molecule has 0 bridgehead atoms. The van der Waals surface area contributed by atoms with Crippen molar-refractivity contribution in [1.29, 1.82) is 0 Å². The first-order chi connectivity index (χ1) is 9.95. The molecule has 1 rings (SSSR count). The van der Waals surface area contributed by atoms with E-state index in [1.54, 1.807) is 29.2 Å². The van der Waals surface area contributed by atoms with Crippen molar-refractivity contribution in [3.8, 4) is 0 Å². The Kier molecular flexibility index (Phi) is 6.59. The zero-order chi connectivity index (χ0) is 15.8. The number of rotatable bonds is 7. The van der Waals surface area contributed by atoms with Gasteiger partial charge in [-0.15, -0.1) is 0 Å². The summed E-state index contributed by atoms with van der Waals surface area (Å²) < 4.78 is 0. The molecule has 0 heterocycles. The number of carbonyl (C=O) groups is 3. The third kappa shape index (κ3) is 5.38. The van der Waals surface area contributed by atoms with Gasteiger partial charge in [0.2, 0.25) is 11.8 Å². The van der Waals surface area contributed by atoms with E-state index in [-0.39, 0.29) is 17.6 Å². The number of ketones is 1. The minimum Gasteiger partial charge on any atom is -0.354 e. The molecule has 0 aliphatic rings. The van der Waals surface area contributed by atoms with Crippen LogP contribution in [0.2, 0.25) is 0 Å². The zero-order valence-electron chi connectivity index (χ0n) is 12.8. The number of carbonyl (C=O) groups excluding carboxylic acids is 3. The van der Waals surface area contributed by atoms with E-state index in [0.29, 0.717) is 30.8 Å². The second-order valence-corrected chi connectivity index (χ2v) is 4.88. The Balaban J connectivity index is 2.73. The first kappa shape index (κ1) is 16.9. The molecule has 0 spiro atoms. The molecule has 0 atom stereocenters. The molecule has 1 N–H and O–H groups in total. The molecule has 0 aromatic heterocycles. The zero-order valence-corrected chi connectivity index (χ0v) is 12.8. The smallest absolute Gasteiger partial charge is 0.223 e. The Hall–Kier alpha value is -2.17. The van der Waals surface area contributed by atoms with E-state index in [0.717, 1.165) is 6.42 Å². The Morgan fingerprint density at radius 2 is 1.90 bits per heavy atom. The van der Waals surface area contributed by atoms with Gasteiger partial charge in [0.1, 0.15) is 0 Å². The maximum Gasteiger partial charge on any atom is 0.223 e. The number of anilines is 1. The maximum atomic E-state index is 11.8. The lowest BCUT2D eigenvalue weighted by Crippen LogP contribution is -2.37. The molecule has 0 aliphatic carbocycles. The second kappa shape index (κ2) is 8.19. The largest absolute Gasteiger partial charge is 0.354 e. The molecular formula is C16H22N2O3. The van der Waals surface area contributed by atoms with Crippen LogP contribution in [-0.4, -0.2) is 30.7 Å². The van der Waals surface area contributed by atoms with Gasteiger partial charge in [-0.1, -0.05) is 19.1 Å². The molecule has 5 heteroatoms. The van der Waals surface area contributed by atoms with Gasteiger partial charge in [0, 0.05) is 37.7 Å². The molecule has 0 unspecified atom stereocenters. The van der Waals surface area contributed by atoms with E-state index < -0.39 is 0 Å². The summed E-state index contributed by atoms with van der Waals surface area (Å²) in [6.45, 7) is 5.67. The molecule has 1 aromatic carbocycles. The highest BCUT2D eigenvalue weighted by Gasteiger charge is 2.13. The number of benzene rings is 1. The summed E-state index contributed by atoms with van der Waals surface area (Å²) in [6.07, 6.45) is 1.28. The summed E-state index contributed by atoms with van der Waals surface area (Å²) in [5, 5.41) is 2.78. The highest BCUT2D eigenvalue weighted by atomic mass is 16.2. The summed E-state index contributed by atoms with van der Waals surface area (Å²) in [5.74, 6) is -0.185. The number of hydrogen-bond donors (Lipinski definition) is 1. The molecule has 1 aromatic rings. The van der Waals surface area contributed by atoms with Crippen molar-refractivity contribution in [3.63, 3.8) is 0 Å². The lowest BCUT2D eigenvalue weighted by atomic mass is 10.1. The summed E-state index contributed by atoms with van der Waals surface area (Å²) in [7, 11) is 0. The first-order valence-corrected chi connectivity index (χ1v) is 7.11. The van der Waals surface area contributed by atoms with Crippen molar-refractivity contribution in [2.45, 2.75) is 33.6 Å². The van der Waals surface area contributed by atoms with Gasteiger partial charge in [-0.05, 0) is 25.5 Å². The number of hydrogen-bond acceptors (Lipinski definition) is 3. The minimum atomic E-state index is -0.125. The van der Waals surface area contributed by atoms with Crippen LogP contribution in [0, 0.1) is 0 Å². The van der Waals surface area contributed by atoms with Crippen molar-refractivity contribution in [1.82, 2.24) is 5.32 Å². The van der Waals surface area contributed by atoms with Gasteiger partial charge < -0.3 is 10.2 Å². The topological polar surface area (TPSA) is 66.5 Å². The van der Waals surface area contributed by atoms with Gasteiger partial charge in [0.15, 0.2) is 5.78 Å². The predicted octanol–water partition coefficient (Wildman–Crippen LogP) is 2.16. The van der Waals surface area contributed by atoms with Crippen LogP contribution in [0.15, 0.2) is 24.3 Å². The van der Waals surface area contributed by atoms with Gasteiger partial charge in [-0.2, -0.15) is 0 Å². The number of nitrogens with one attached hydrogen (secondary N) is 1. The lowest BCUT2D eigenvalue weighted by Gasteiger charge is -2.22. The summed E-state index contributed by atoms with van der Waals surface area (Å²) in [5.41, 5.74) is 1.23. The highest BCUT2D eigenvalue weighted by Crippen LogP contribution is 2.16. The van der Waals surface area contributed by atoms with E-state index in [1.807, 2.05) is 6.92 Å². The van der Waals surface area contributed by atoms with Crippen molar-refractivity contribution < 1.29 is 14.4 Å². The van der Waals surface area contributed by atoms with Crippen LogP contribution in [-0.2, 0) is 9.59 Å². The van der Waals surface area contributed by atoms with E-state index >= 15 is 0 Å². The summed E-state index contributed by atoms with van der Waals surface area (Å²) >= 11 is 0. The van der Waals surface area contributed by atoms with Crippen LogP contribution >= 0.6 is 0 Å². The van der Waals surface area contributed by atoms with Gasteiger partial charge in [-0.3, -0.25) is 14.4 Å². The van der Waals surface area contributed by atoms with E-state index in [1.165, 1.54) is 13.8 Å². The third-order valence-electron chi connectivity index (χ3n) is 3.08. The Morgan fingerprint density at radius 3 is 2.48 bits per heavy atom. The average molecular weight is 290 g/mol. The molecule has 0 fully saturated rings. The summed E-state index contributed by atoms with van der Waals surface area (Å²) in [4.78, 5) is 36.1. The van der Waals surface area contributed by atoms with Crippen LogP contribution in [0.3, 0.4) is 0 Å². The van der Waals surface area contributed by atoms with Crippen molar-refractivity contribution in [3.05, 3.63) is 29.8 Å². The molecule has 21 heavy (non-hydrogen) atoms. The minimum absolute atomic E-state index is 0.0153. The average Bonchev–Trinajstić information content (AvgIpc) is 2.43. The van der Waals surface area contributed by atoms with Crippen molar-refractivity contribution in [2.24, 2.45) is 0 Å². The van der Waals surface area contributed by atoms with Crippen LogP contribution in [0.25, 0.3) is 0 Å². The Morgan fingerprint density at radius 1 is 1.19 bits per heavy atom. The summed E-state index contributed by atoms with van der Waals surface area (Å²) in [6, 6.07) is 6.93. The fraction of sp³-hybridized carbons (Fsp3) is 0.438. The van der Waals surface area contributed by atoms with Gasteiger partial charge in [-0.25, -0.2) is 0 Å². The maximum absolute atomic E-state index is 11.8. The molecule has 114 valence electrons. The molecular weight excluding hydrogens is 268 g/mol. The van der Waals surface area contributed by atoms with Crippen molar-refractivity contribution in [2.75, 3.05) is 18.0 Å². The van der Waals surface area contributed by atoms with Gasteiger partial charge >= 0.3 is 0 Å². The molecule has 0 aliphatic heterocycles. The van der Waals surface area contributed by atoms with E-state index in [9.17, 15) is 14.4 Å². The lowest BCUT2D eigenvalue weighted by molar-refractivity contribution is -0.121. The van der Waals surface area contributed by atoms with Crippen LogP contribution in [0.5, 0.6) is 0 Å². The van der Waals surface area contributed by atoms with E-state index in [4.69, 9.17) is 0 Å². The fourth-order valence-electron chi connectivity index (χ4n) is 1.98. The fourth-order valence-corrected chi connectivity index (χ4v) is 1.98. The van der Waals surface area contributed by atoms with Gasteiger partial charge in [0.05, 0.1) is 0 Å². The number of nitrogens with zero attached hydrogens (tertiary/aromatic N) is 1. The highest BCUT2D eigenvalue weighted by molar-refractivity contribution is 5.97. The Labute approximate surface area is 125 Å². The second-order valence-electron chi connectivity index (χ2n) is 4.88. The molecule has 0 saturated carbocycles. The van der Waals surface area contributed by atoms with Crippen LogP contribution in [0.4, 0.5) is 5.69 Å².